The van der Waals surface area contributed by atoms with E-state index in [1.807, 2.05) is 24.3 Å². The van der Waals surface area contributed by atoms with E-state index < -0.39 is 4.92 Å². The third kappa shape index (κ3) is 2.84. The zero-order chi connectivity index (χ0) is 13.1. The predicted octanol–water partition coefficient (Wildman–Crippen LogP) is 3.00. The SMILES string of the molecule is Cc1csc(CN(C)c2ccc([N+](=O)[O-])cc2)n1. The fourth-order valence-corrected chi connectivity index (χ4v) is 2.42. The van der Waals surface area contributed by atoms with Crippen LogP contribution in [-0.2, 0) is 6.54 Å². The van der Waals surface area contributed by atoms with Gasteiger partial charge in [-0.2, -0.15) is 0 Å². The van der Waals surface area contributed by atoms with Crippen LogP contribution in [0, 0.1) is 17.0 Å². The van der Waals surface area contributed by atoms with Gasteiger partial charge in [-0.3, -0.25) is 10.1 Å². The molecule has 0 saturated carbocycles. The average molecular weight is 263 g/mol. The van der Waals surface area contributed by atoms with Crippen molar-refractivity contribution in [1.82, 2.24) is 4.98 Å². The van der Waals surface area contributed by atoms with Gasteiger partial charge in [-0.25, -0.2) is 4.98 Å². The molecule has 1 heterocycles. The topological polar surface area (TPSA) is 59.3 Å². The Balaban J connectivity index is 2.09. The number of nitrogens with zero attached hydrogens (tertiary/aromatic N) is 3. The highest BCUT2D eigenvalue weighted by atomic mass is 32.1. The van der Waals surface area contributed by atoms with E-state index in [2.05, 4.69) is 4.98 Å². The lowest BCUT2D eigenvalue weighted by molar-refractivity contribution is -0.384. The lowest BCUT2D eigenvalue weighted by Gasteiger charge is -2.17. The number of anilines is 1. The van der Waals surface area contributed by atoms with Crippen LogP contribution in [0.3, 0.4) is 0 Å². The Morgan fingerprint density at radius 2 is 2.06 bits per heavy atom. The molecule has 0 aliphatic heterocycles. The van der Waals surface area contributed by atoms with Crippen molar-refractivity contribution in [2.75, 3.05) is 11.9 Å². The van der Waals surface area contributed by atoms with E-state index in [1.165, 1.54) is 12.1 Å². The minimum Gasteiger partial charge on any atom is -0.368 e. The summed E-state index contributed by atoms with van der Waals surface area (Å²) in [6, 6.07) is 6.52. The summed E-state index contributed by atoms with van der Waals surface area (Å²) in [5.41, 5.74) is 2.07. The Hall–Kier alpha value is -1.95. The summed E-state index contributed by atoms with van der Waals surface area (Å²) in [6.07, 6.45) is 0. The Bertz CT molecular complexity index is 551. The van der Waals surface area contributed by atoms with Crippen LogP contribution in [0.1, 0.15) is 10.7 Å². The Kier molecular flexibility index (Phi) is 3.57. The molecule has 6 heteroatoms. The molecule has 0 bridgehead atoms. The van der Waals surface area contributed by atoms with Crippen LogP contribution >= 0.6 is 11.3 Å². The molecule has 0 aliphatic carbocycles. The van der Waals surface area contributed by atoms with Gasteiger partial charge in [0.25, 0.3) is 5.69 Å². The number of rotatable bonds is 4. The molecule has 0 atom stereocenters. The van der Waals surface area contributed by atoms with Crippen molar-refractivity contribution in [3.8, 4) is 0 Å². The van der Waals surface area contributed by atoms with E-state index in [1.54, 1.807) is 23.5 Å². The molecule has 2 aromatic rings. The van der Waals surface area contributed by atoms with Gasteiger partial charge in [0.15, 0.2) is 0 Å². The second kappa shape index (κ2) is 5.14. The first-order chi connectivity index (χ1) is 8.56. The van der Waals surface area contributed by atoms with Crippen LogP contribution in [-0.4, -0.2) is 17.0 Å². The van der Waals surface area contributed by atoms with Gasteiger partial charge in [-0.15, -0.1) is 11.3 Å². The smallest absolute Gasteiger partial charge is 0.269 e. The molecule has 0 aliphatic rings. The van der Waals surface area contributed by atoms with E-state index in [4.69, 9.17) is 0 Å². The van der Waals surface area contributed by atoms with Crippen molar-refractivity contribution in [3.05, 3.63) is 50.5 Å². The maximum Gasteiger partial charge on any atom is 0.269 e. The van der Waals surface area contributed by atoms with Gasteiger partial charge in [0, 0.05) is 35.9 Å². The number of thiazole rings is 1. The van der Waals surface area contributed by atoms with Crippen LogP contribution in [0.2, 0.25) is 0 Å². The molecule has 0 N–H and O–H groups in total. The van der Waals surface area contributed by atoms with Crippen molar-refractivity contribution in [2.45, 2.75) is 13.5 Å². The molecule has 2 rings (SSSR count). The van der Waals surface area contributed by atoms with E-state index in [0.29, 0.717) is 6.54 Å². The summed E-state index contributed by atoms with van der Waals surface area (Å²) in [5, 5.41) is 13.6. The summed E-state index contributed by atoms with van der Waals surface area (Å²) >= 11 is 1.62. The maximum absolute atomic E-state index is 10.6. The minimum absolute atomic E-state index is 0.109. The number of hydrogen-bond acceptors (Lipinski definition) is 5. The molecule has 0 amide bonds. The van der Waals surface area contributed by atoms with Crippen molar-refractivity contribution in [1.29, 1.82) is 0 Å². The zero-order valence-electron chi connectivity index (χ0n) is 10.2. The highest BCUT2D eigenvalue weighted by molar-refractivity contribution is 7.09. The van der Waals surface area contributed by atoms with Gasteiger partial charge in [0.1, 0.15) is 5.01 Å². The van der Waals surface area contributed by atoms with Gasteiger partial charge >= 0.3 is 0 Å². The lowest BCUT2D eigenvalue weighted by Crippen LogP contribution is -2.16. The first-order valence-corrected chi connectivity index (χ1v) is 6.31. The first kappa shape index (κ1) is 12.5. The maximum atomic E-state index is 10.6. The molecular weight excluding hydrogens is 250 g/mol. The number of aryl methyl sites for hydroxylation is 1. The van der Waals surface area contributed by atoms with E-state index in [9.17, 15) is 10.1 Å². The highest BCUT2D eigenvalue weighted by Gasteiger charge is 2.08. The Labute approximate surface area is 109 Å². The van der Waals surface area contributed by atoms with Crippen LogP contribution in [0.5, 0.6) is 0 Å². The fourth-order valence-electron chi connectivity index (χ4n) is 1.60. The van der Waals surface area contributed by atoms with Gasteiger partial charge in [-0.05, 0) is 19.1 Å². The number of aromatic nitrogens is 1. The minimum atomic E-state index is -0.395. The molecular formula is C12H13N3O2S. The van der Waals surface area contributed by atoms with Crippen LogP contribution < -0.4 is 4.90 Å². The molecule has 0 unspecified atom stereocenters. The third-order valence-electron chi connectivity index (χ3n) is 2.54. The number of hydrogen-bond donors (Lipinski definition) is 0. The second-order valence-electron chi connectivity index (χ2n) is 4.01. The molecule has 1 aromatic heterocycles. The highest BCUT2D eigenvalue weighted by Crippen LogP contribution is 2.20. The Morgan fingerprint density at radius 3 is 2.56 bits per heavy atom. The van der Waals surface area contributed by atoms with Crippen molar-refractivity contribution >= 4 is 22.7 Å². The van der Waals surface area contributed by atoms with Crippen molar-refractivity contribution < 1.29 is 4.92 Å². The summed E-state index contributed by atoms with van der Waals surface area (Å²) in [4.78, 5) is 16.6. The normalized spacial score (nSPS) is 10.3. The van der Waals surface area contributed by atoms with Gasteiger partial charge < -0.3 is 4.90 Å². The Morgan fingerprint density at radius 1 is 1.39 bits per heavy atom. The molecule has 0 saturated heterocycles. The quantitative estimate of drug-likeness (QED) is 0.628. The molecule has 5 nitrogen and oxygen atoms in total. The second-order valence-corrected chi connectivity index (χ2v) is 4.95. The summed E-state index contributed by atoms with van der Waals surface area (Å²) in [6.45, 7) is 2.67. The summed E-state index contributed by atoms with van der Waals surface area (Å²) < 4.78 is 0. The molecule has 0 fully saturated rings. The summed E-state index contributed by atoms with van der Waals surface area (Å²) in [7, 11) is 1.94. The average Bonchev–Trinajstić information content (AvgIpc) is 2.75. The van der Waals surface area contributed by atoms with Crippen LogP contribution in [0.4, 0.5) is 11.4 Å². The summed E-state index contributed by atoms with van der Waals surface area (Å²) in [5.74, 6) is 0. The molecule has 1 aromatic carbocycles. The number of nitro benzene ring substituents is 1. The van der Waals surface area contributed by atoms with E-state index in [-0.39, 0.29) is 5.69 Å². The first-order valence-electron chi connectivity index (χ1n) is 5.43. The third-order valence-corrected chi connectivity index (χ3v) is 3.49. The standard InChI is InChI=1S/C12H13N3O2S/c1-9-8-18-12(13-9)7-14(2)10-3-5-11(6-4-10)15(16)17/h3-6,8H,7H2,1-2H3. The fraction of sp³-hybridized carbons (Fsp3) is 0.250. The molecule has 0 spiro atoms. The molecule has 18 heavy (non-hydrogen) atoms. The van der Waals surface area contributed by atoms with Gasteiger partial charge in [0.05, 0.1) is 11.5 Å². The molecule has 94 valence electrons. The van der Waals surface area contributed by atoms with Crippen LogP contribution in [0.25, 0.3) is 0 Å². The van der Waals surface area contributed by atoms with Gasteiger partial charge in [0.2, 0.25) is 0 Å². The predicted molar refractivity (Wildman–Crippen MR) is 72.1 cm³/mol. The van der Waals surface area contributed by atoms with Gasteiger partial charge in [-0.1, -0.05) is 0 Å². The van der Waals surface area contributed by atoms with Crippen molar-refractivity contribution in [2.24, 2.45) is 0 Å². The van der Waals surface area contributed by atoms with Crippen LogP contribution in [0.15, 0.2) is 29.6 Å². The zero-order valence-corrected chi connectivity index (χ0v) is 11.0. The van der Waals surface area contributed by atoms with E-state index in [0.717, 1.165) is 16.4 Å². The lowest BCUT2D eigenvalue weighted by atomic mass is 10.2. The number of non-ortho nitro benzene ring substituents is 1. The van der Waals surface area contributed by atoms with Crippen molar-refractivity contribution in [3.63, 3.8) is 0 Å². The van der Waals surface area contributed by atoms with E-state index >= 15 is 0 Å². The number of nitro groups is 1. The number of benzene rings is 1. The largest absolute Gasteiger partial charge is 0.368 e. The monoisotopic (exact) mass is 263 g/mol. The molecule has 0 radical (unpaired) electrons.